The number of fused-ring (bicyclic) bond motifs is 4. The van der Waals surface area contributed by atoms with Gasteiger partial charge in [-0.05, 0) is 63.2 Å². The number of carboxylic acid groups (broad SMARTS) is 1. The summed E-state index contributed by atoms with van der Waals surface area (Å²) in [7, 11) is 0. The van der Waals surface area contributed by atoms with Crippen molar-refractivity contribution in [2.45, 2.75) is 79.2 Å². The molecule has 5 aliphatic rings. The molecule has 2 fully saturated rings. The van der Waals surface area contributed by atoms with Crippen LogP contribution < -0.4 is 0 Å². The Hall–Kier alpha value is -2.73. The van der Waals surface area contributed by atoms with Gasteiger partial charge >= 0.3 is 5.97 Å². The molecule has 0 aromatic rings. The maximum absolute atomic E-state index is 14.5. The van der Waals surface area contributed by atoms with Crippen molar-refractivity contribution < 1.29 is 29.7 Å². The highest BCUT2D eigenvalue weighted by Gasteiger charge is 2.62. The minimum Gasteiger partial charge on any atom is -0.511 e. The SMILES string of the molecule is CC[C@@H]1C(C(=O)O)=C[C@]2(C)/C=C(\C)C/C=C/C[C@@H]3C=C[C@@H]4[C@@H](O)[C@@H](C)CC[C@H]4[C@]3(CC)C(O)=C3C(=O)C1C2C3=O. The van der Waals surface area contributed by atoms with Crippen LogP contribution in [0.2, 0.25) is 0 Å². The molecule has 0 aromatic heterocycles. The first-order chi connectivity index (χ1) is 18.9. The highest BCUT2D eigenvalue weighted by Crippen LogP contribution is 2.61. The molecule has 3 N–H and O–H groups in total. The number of aliphatic carboxylic acids is 1. The van der Waals surface area contributed by atoms with Crippen LogP contribution in [0, 0.1) is 52.3 Å². The monoisotopic (exact) mass is 548 g/mol. The molecule has 2 saturated carbocycles. The van der Waals surface area contributed by atoms with Crippen molar-refractivity contribution in [2.24, 2.45) is 52.3 Å². The topological polar surface area (TPSA) is 112 Å². The molecule has 0 saturated heterocycles. The zero-order chi connectivity index (χ0) is 29.1. The number of rotatable bonds is 3. The molecule has 0 radical (unpaired) electrons. The lowest BCUT2D eigenvalue weighted by molar-refractivity contribution is -0.135. The van der Waals surface area contributed by atoms with Crippen molar-refractivity contribution in [3.63, 3.8) is 0 Å². The van der Waals surface area contributed by atoms with E-state index in [9.17, 15) is 29.7 Å². The molecule has 0 aliphatic heterocycles. The number of aliphatic hydroxyl groups excluding tert-OH is 2. The third-order valence-electron chi connectivity index (χ3n) is 11.2. The Balaban J connectivity index is 1.79. The number of carboxylic acids is 1. The van der Waals surface area contributed by atoms with Gasteiger partial charge in [0.1, 0.15) is 5.76 Å². The van der Waals surface area contributed by atoms with Crippen LogP contribution in [-0.4, -0.2) is 39.0 Å². The first-order valence-corrected chi connectivity index (χ1v) is 15.1. The summed E-state index contributed by atoms with van der Waals surface area (Å²) in [5, 5.41) is 33.7. The molecule has 216 valence electrons. The third-order valence-corrected chi connectivity index (χ3v) is 11.2. The number of carbonyl (C=O) groups is 3. The summed E-state index contributed by atoms with van der Waals surface area (Å²) in [6, 6.07) is 0. The van der Waals surface area contributed by atoms with Crippen LogP contribution in [0.4, 0.5) is 0 Å². The molecule has 2 bridgehead atoms. The van der Waals surface area contributed by atoms with E-state index in [-0.39, 0.29) is 46.4 Å². The fraction of sp³-hybridized carbons (Fsp3) is 0.618. The molecular weight excluding hydrogens is 504 g/mol. The number of aliphatic hydroxyl groups is 2. The van der Waals surface area contributed by atoms with Gasteiger partial charge in [0.2, 0.25) is 0 Å². The molecule has 6 heteroatoms. The van der Waals surface area contributed by atoms with Crippen LogP contribution in [0.3, 0.4) is 0 Å². The summed E-state index contributed by atoms with van der Waals surface area (Å²) in [6.45, 7) is 9.75. The summed E-state index contributed by atoms with van der Waals surface area (Å²) in [6.07, 6.45) is 15.3. The fourth-order valence-electron chi connectivity index (χ4n) is 9.27. The minimum atomic E-state index is -1.07. The lowest BCUT2D eigenvalue weighted by atomic mass is 9.51. The van der Waals surface area contributed by atoms with Gasteiger partial charge in [0.15, 0.2) is 11.6 Å². The van der Waals surface area contributed by atoms with E-state index in [4.69, 9.17) is 0 Å². The Bertz CT molecular complexity index is 1260. The average molecular weight is 549 g/mol. The predicted octanol–water partition coefficient (Wildman–Crippen LogP) is 6.14. The summed E-state index contributed by atoms with van der Waals surface area (Å²) in [5.41, 5.74) is -0.804. The molecule has 0 spiro atoms. The Labute approximate surface area is 237 Å². The second-order valence-corrected chi connectivity index (χ2v) is 13.3. The van der Waals surface area contributed by atoms with E-state index in [1.165, 1.54) is 0 Å². The standard InChI is InChI=1S/C34H44O6/c1-6-21-23(32(39)40)17-33(5)16-18(3)10-8-9-11-20-13-14-22-24(15-12-19(4)28(22)35)34(20,7-2)31(38)26-29(36)25(21)27(33)30(26)37/h8-9,13-14,16-17,19-22,24-25,27-28,35,38H,6-7,10-12,15H2,1-5H3,(H,39,40)/b9-8+,18-16+,31-26?/t19-,20+,21+,22-,24+,25?,27?,28-,33-,34+/m0/s1. The quantitative estimate of drug-likeness (QED) is 0.288. The molecule has 10 atom stereocenters. The van der Waals surface area contributed by atoms with Gasteiger partial charge in [-0.15, -0.1) is 0 Å². The van der Waals surface area contributed by atoms with Gasteiger partial charge < -0.3 is 15.3 Å². The Kier molecular flexibility index (Phi) is 7.39. The number of hydrogen-bond acceptors (Lipinski definition) is 5. The highest BCUT2D eigenvalue weighted by atomic mass is 16.4. The van der Waals surface area contributed by atoms with Crippen molar-refractivity contribution in [3.05, 3.63) is 58.9 Å². The lowest BCUT2D eigenvalue weighted by Gasteiger charge is -2.54. The normalized spacial score (nSPS) is 45.2. The second-order valence-electron chi connectivity index (χ2n) is 13.3. The van der Waals surface area contributed by atoms with Crippen molar-refractivity contribution >= 4 is 17.5 Å². The van der Waals surface area contributed by atoms with Gasteiger partial charge in [0.25, 0.3) is 0 Å². The lowest BCUT2D eigenvalue weighted by Crippen LogP contribution is -2.51. The van der Waals surface area contributed by atoms with E-state index in [2.05, 4.69) is 24.3 Å². The summed E-state index contributed by atoms with van der Waals surface area (Å²) in [5.74, 6) is -4.51. The van der Waals surface area contributed by atoms with Crippen LogP contribution in [0.5, 0.6) is 0 Å². The minimum absolute atomic E-state index is 0.117. The number of allylic oxidation sites excluding steroid dienone is 8. The maximum atomic E-state index is 14.5. The average Bonchev–Trinajstić information content (AvgIpc) is 3.18. The van der Waals surface area contributed by atoms with Crippen molar-refractivity contribution in [1.82, 2.24) is 0 Å². The van der Waals surface area contributed by atoms with Crippen molar-refractivity contribution in [1.29, 1.82) is 0 Å². The second kappa shape index (κ2) is 10.3. The smallest absolute Gasteiger partial charge is 0.331 e. The van der Waals surface area contributed by atoms with Crippen LogP contribution >= 0.6 is 0 Å². The molecule has 0 heterocycles. The molecule has 5 aliphatic carbocycles. The first kappa shape index (κ1) is 28.8. The Morgan fingerprint density at radius 2 is 1.80 bits per heavy atom. The maximum Gasteiger partial charge on any atom is 0.331 e. The molecule has 0 amide bonds. The molecule has 6 nitrogen and oxygen atoms in total. The predicted molar refractivity (Wildman–Crippen MR) is 153 cm³/mol. The Morgan fingerprint density at radius 3 is 2.45 bits per heavy atom. The van der Waals surface area contributed by atoms with Crippen LogP contribution in [-0.2, 0) is 14.4 Å². The van der Waals surface area contributed by atoms with Crippen LogP contribution in [0.25, 0.3) is 0 Å². The van der Waals surface area contributed by atoms with E-state index in [0.29, 0.717) is 25.7 Å². The third kappa shape index (κ3) is 4.04. The zero-order valence-corrected chi connectivity index (χ0v) is 24.4. The largest absolute Gasteiger partial charge is 0.511 e. The van der Waals surface area contributed by atoms with Gasteiger partial charge in [-0.25, -0.2) is 4.79 Å². The molecular formula is C34H44O6. The summed E-state index contributed by atoms with van der Waals surface area (Å²) in [4.78, 5) is 41.3. The zero-order valence-electron chi connectivity index (χ0n) is 24.4. The van der Waals surface area contributed by atoms with Gasteiger partial charge in [-0.2, -0.15) is 0 Å². The number of hydrogen-bond donors (Lipinski definition) is 3. The van der Waals surface area contributed by atoms with Crippen molar-refractivity contribution in [2.75, 3.05) is 0 Å². The van der Waals surface area contributed by atoms with E-state index >= 15 is 0 Å². The van der Waals surface area contributed by atoms with Gasteiger partial charge in [-0.1, -0.05) is 69.7 Å². The fourth-order valence-corrected chi connectivity index (χ4v) is 9.27. The van der Waals surface area contributed by atoms with E-state index in [1.54, 1.807) is 6.08 Å². The Morgan fingerprint density at radius 1 is 1.07 bits per heavy atom. The molecule has 5 rings (SSSR count). The molecule has 40 heavy (non-hydrogen) atoms. The summed E-state index contributed by atoms with van der Waals surface area (Å²) >= 11 is 0. The van der Waals surface area contributed by atoms with Crippen LogP contribution in [0.1, 0.15) is 73.1 Å². The number of Topliss-reactive ketones (excluding diaryl/α,β-unsaturated/α-hetero) is 2. The van der Waals surface area contributed by atoms with Gasteiger partial charge in [0.05, 0.1) is 11.7 Å². The van der Waals surface area contributed by atoms with E-state index in [0.717, 1.165) is 18.4 Å². The first-order valence-electron chi connectivity index (χ1n) is 15.1. The number of carbonyl (C=O) groups excluding carboxylic acids is 2. The van der Waals surface area contributed by atoms with Crippen molar-refractivity contribution in [3.8, 4) is 0 Å². The van der Waals surface area contributed by atoms with Gasteiger partial charge in [0, 0.05) is 40.1 Å². The van der Waals surface area contributed by atoms with Gasteiger partial charge in [-0.3, -0.25) is 9.59 Å². The van der Waals surface area contributed by atoms with Crippen LogP contribution in [0.15, 0.2) is 58.9 Å². The highest BCUT2D eigenvalue weighted by molar-refractivity contribution is 6.28. The van der Waals surface area contributed by atoms with E-state index in [1.807, 2.05) is 40.7 Å². The molecule has 0 aromatic carbocycles. The summed E-state index contributed by atoms with van der Waals surface area (Å²) < 4.78 is 0. The van der Waals surface area contributed by atoms with E-state index < -0.39 is 46.4 Å². The number of ketones is 2. The molecule has 2 unspecified atom stereocenters.